The molecule has 0 spiro atoms. The zero-order chi connectivity index (χ0) is 38.6. The molecule has 8 heteroatoms. The lowest BCUT2D eigenvalue weighted by molar-refractivity contribution is -0.153. The van der Waals surface area contributed by atoms with Gasteiger partial charge in [0.15, 0.2) is 0 Å². The molecule has 0 aromatic heterocycles. The lowest BCUT2D eigenvalue weighted by atomic mass is 10.1. The standard InChI is InChI=1S/C23H40O4.C21H36O4/c1-2-3-4-5-6-7-8-9-10-11-12-13-14-15-16-17-18-19-23(26)27-22(20-24)21-25;1-2-3-4-5-6-7-8-9-10-11-12-13-14-15-16-17-21(24)25-20(18-22)19-23/h14-19,22,24-25H,2-13,20-21H2,1H3;3-4,6-7,9-10,20,22-23H,2,5,8,11-19H2,1H3/b;4-3-,7-6-,10-9-. The van der Waals surface area contributed by atoms with Crippen LogP contribution in [0.3, 0.4) is 0 Å². The number of ether oxygens (including phenoxy) is 2. The van der Waals surface area contributed by atoms with Gasteiger partial charge < -0.3 is 29.9 Å². The summed E-state index contributed by atoms with van der Waals surface area (Å²) in [5.74, 6) is -0.910. The predicted molar refractivity (Wildman–Crippen MR) is 216 cm³/mol. The first-order valence-corrected chi connectivity index (χ1v) is 20.3. The summed E-state index contributed by atoms with van der Waals surface area (Å²) in [6.45, 7) is 2.98. The SMILES string of the molecule is CC/C=C\C/C=C\C/C=C\CCCCCCCC(=O)OC(CO)CO.CCCCCCCCCCCCCC=CC=CC=CC(=O)OC(CO)CO. The highest BCUT2D eigenvalue weighted by atomic mass is 16.6. The van der Waals surface area contributed by atoms with Gasteiger partial charge in [0.25, 0.3) is 0 Å². The number of hydrogen-bond acceptors (Lipinski definition) is 8. The second-order valence-corrected chi connectivity index (χ2v) is 13.0. The van der Waals surface area contributed by atoms with Crippen molar-refractivity contribution in [1.82, 2.24) is 0 Å². The van der Waals surface area contributed by atoms with Crippen molar-refractivity contribution < 1.29 is 39.5 Å². The number of rotatable bonds is 34. The van der Waals surface area contributed by atoms with Crippen LogP contribution in [0, 0.1) is 0 Å². The Labute approximate surface area is 317 Å². The summed E-state index contributed by atoms with van der Waals surface area (Å²) in [7, 11) is 0. The Bertz CT molecular complexity index is 942. The maximum absolute atomic E-state index is 11.4. The number of aliphatic hydroxyl groups is 4. The molecule has 0 radical (unpaired) electrons. The summed E-state index contributed by atoms with van der Waals surface area (Å²) in [6.07, 6.45) is 48.2. The van der Waals surface area contributed by atoms with E-state index in [-0.39, 0.29) is 32.4 Å². The van der Waals surface area contributed by atoms with E-state index in [1.165, 1.54) is 89.5 Å². The Kier molecular flexibility index (Phi) is 43.8. The lowest BCUT2D eigenvalue weighted by Crippen LogP contribution is -2.25. The first-order valence-electron chi connectivity index (χ1n) is 20.3. The maximum Gasteiger partial charge on any atom is 0.331 e. The van der Waals surface area contributed by atoms with Crippen LogP contribution in [-0.2, 0) is 19.1 Å². The predicted octanol–water partition coefficient (Wildman–Crippen LogP) is 9.72. The van der Waals surface area contributed by atoms with E-state index in [1.54, 1.807) is 12.2 Å². The highest BCUT2D eigenvalue weighted by Crippen LogP contribution is 2.12. The summed E-state index contributed by atoms with van der Waals surface area (Å²) in [6, 6.07) is 0. The van der Waals surface area contributed by atoms with E-state index < -0.39 is 18.2 Å². The molecule has 4 N–H and O–H groups in total. The maximum atomic E-state index is 11.4. The van der Waals surface area contributed by atoms with Crippen LogP contribution in [0.1, 0.15) is 155 Å². The van der Waals surface area contributed by atoms with Crippen LogP contribution in [0.2, 0.25) is 0 Å². The van der Waals surface area contributed by atoms with Crippen LogP contribution in [0.15, 0.2) is 72.9 Å². The smallest absolute Gasteiger partial charge is 0.331 e. The van der Waals surface area contributed by atoms with Crippen LogP contribution < -0.4 is 0 Å². The van der Waals surface area contributed by atoms with Crippen molar-refractivity contribution in [1.29, 1.82) is 0 Å². The van der Waals surface area contributed by atoms with Crippen LogP contribution >= 0.6 is 0 Å². The molecule has 0 aromatic carbocycles. The first-order chi connectivity index (χ1) is 25.5. The largest absolute Gasteiger partial charge is 0.457 e. The molecular weight excluding hydrogens is 656 g/mol. The van der Waals surface area contributed by atoms with Gasteiger partial charge in [-0.05, 0) is 51.4 Å². The molecule has 8 nitrogen and oxygen atoms in total. The van der Waals surface area contributed by atoms with Gasteiger partial charge in [0.05, 0.1) is 26.4 Å². The molecule has 300 valence electrons. The Balaban J connectivity index is 0. The van der Waals surface area contributed by atoms with Crippen molar-refractivity contribution in [3.8, 4) is 0 Å². The van der Waals surface area contributed by atoms with Gasteiger partial charge in [0.2, 0.25) is 0 Å². The van der Waals surface area contributed by atoms with Gasteiger partial charge in [-0.2, -0.15) is 0 Å². The quantitative estimate of drug-likeness (QED) is 0.0169. The number of unbranched alkanes of at least 4 members (excludes halogenated alkanes) is 16. The van der Waals surface area contributed by atoms with Gasteiger partial charge in [-0.1, -0.05) is 164 Å². The zero-order valence-electron chi connectivity index (χ0n) is 32.9. The van der Waals surface area contributed by atoms with Gasteiger partial charge >= 0.3 is 11.9 Å². The molecule has 0 saturated carbocycles. The van der Waals surface area contributed by atoms with Crippen molar-refractivity contribution in [2.24, 2.45) is 0 Å². The van der Waals surface area contributed by atoms with Crippen molar-refractivity contribution in [2.45, 2.75) is 167 Å². The van der Waals surface area contributed by atoms with Crippen LogP contribution in [0.5, 0.6) is 0 Å². The third-order valence-corrected chi connectivity index (χ3v) is 8.10. The number of aliphatic hydroxyl groups excluding tert-OH is 4. The third-order valence-electron chi connectivity index (χ3n) is 8.10. The third kappa shape index (κ3) is 41.6. The van der Waals surface area contributed by atoms with Crippen molar-refractivity contribution in [3.05, 3.63) is 72.9 Å². The fourth-order valence-corrected chi connectivity index (χ4v) is 4.96. The molecule has 0 bridgehead atoms. The first kappa shape index (κ1) is 51.3. The Morgan fingerprint density at radius 2 is 0.923 bits per heavy atom. The molecule has 0 aliphatic rings. The van der Waals surface area contributed by atoms with E-state index in [0.29, 0.717) is 6.42 Å². The van der Waals surface area contributed by atoms with Crippen LogP contribution in [0.25, 0.3) is 0 Å². The molecule has 0 heterocycles. The molecule has 0 saturated heterocycles. The Morgan fingerprint density at radius 1 is 0.481 bits per heavy atom. The van der Waals surface area contributed by atoms with Crippen LogP contribution in [0.4, 0.5) is 0 Å². The number of carbonyl (C=O) groups excluding carboxylic acids is 2. The van der Waals surface area contributed by atoms with Gasteiger partial charge in [0.1, 0.15) is 12.2 Å². The Morgan fingerprint density at radius 3 is 1.46 bits per heavy atom. The van der Waals surface area contributed by atoms with Crippen molar-refractivity contribution in [3.63, 3.8) is 0 Å². The zero-order valence-corrected chi connectivity index (χ0v) is 32.9. The normalized spacial score (nSPS) is 12.2. The molecule has 0 fully saturated rings. The number of esters is 2. The van der Waals surface area contributed by atoms with Crippen LogP contribution in [-0.4, -0.2) is 71.0 Å². The van der Waals surface area contributed by atoms with E-state index in [4.69, 9.17) is 29.9 Å². The van der Waals surface area contributed by atoms with E-state index in [9.17, 15) is 9.59 Å². The van der Waals surface area contributed by atoms with Gasteiger partial charge in [-0.3, -0.25) is 4.79 Å². The molecular formula is C44H76O8. The highest BCUT2D eigenvalue weighted by molar-refractivity contribution is 5.82. The molecule has 0 aliphatic carbocycles. The molecule has 0 rings (SSSR count). The van der Waals surface area contributed by atoms with Gasteiger partial charge in [0, 0.05) is 12.5 Å². The molecule has 0 atom stereocenters. The van der Waals surface area contributed by atoms with Gasteiger partial charge in [-0.25, -0.2) is 4.79 Å². The second kappa shape index (κ2) is 44.4. The number of carbonyl (C=O) groups is 2. The highest BCUT2D eigenvalue weighted by Gasteiger charge is 2.11. The minimum Gasteiger partial charge on any atom is -0.457 e. The minimum absolute atomic E-state index is 0.332. The van der Waals surface area contributed by atoms with Gasteiger partial charge in [-0.15, -0.1) is 0 Å². The van der Waals surface area contributed by atoms with E-state index in [1.807, 2.05) is 12.2 Å². The van der Waals surface area contributed by atoms with Crippen molar-refractivity contribution >= 4 is 11.9 Å². The molecule has 0 aliphatic heterocycles. The summed E-state index contributed by atoms with van der Waals surface area (Å²) >= 11 is 0. The monoisotopic (exact) mass is 733 g/mol. The Hall–Kier alpha value is -2.78. The number of hydrogen-bond donors (Lipinski definition) is 4. The fourth-order valence-electron chi connectivity index (χ4n) is 4.96. The molecule has 0 amide bonds. The average Bonchev–Trinajstić information content (AvgIpc) is 3.15. The summed E-state index contributed by atoms with van der Waals surface area (Å²) in [4.78, 5) is 22.8. The molecule has 52 heavy (non-hydrogen) atoms. The molecule has 0 aromatic rings. The topological polar surface area (TPSA) is 134 Å². The molecule has 0 unspecified atom stereocenters. The minimum atomic E-state index is -0.850. The van der Waals surface area contributed by atoms with E-state index in [2.05, 4.69) is 56.4 Å². The van der Waals surface area contributed by atoms with E-state index >= 15 is 0 Å². The van der Waals surface area contributed by atoms with E-state index in [0.717, 1.165) is 51.4 Å². The lowest BCUT2D eigenvalue weighted by Gasteiger charge is -2.12. The average molecular weight is 733 g/mol. The summed E-state index contributed by atoms with van der Waals surface area (Å²) in [5.41, 5.74) is 0. The van der Waals surface area contributed by atoms with Crippen molar-refractivity contribution in [2.75, 3.05) is 26.4 Å². The summed E-state index contributed by atoms with van der Waals surface area (Å²) < 4.78 is 9.71. The number of allylic oxidation sites excluding steroid dienone is 11. The fraction of sp³-hybridized carbons (Fsp3) is 0.682. The summed E-state index contributed by atoms with van der Waals surface area (Å²) in [5, 5.41) is 35.3. The second-order valence-electron chi connectivity index (χ2n) is 13.0.